The van der Waals surface area contributed by atoms with Gasteiger partial charge in [-0.15, -0.1) is 0 Å². The van der Waals surface area contributed by atoms with E-state index in [1.165, 1.54) is 5.56 Å². The molecule has 122 valence electrons. The Morgan fingerprint density at radius 2 is 2.00 bits per heavy atom. The number of pyridine rings is 1. The van der Waals surface area contributed by atoms with Crippen LogP contribution < -0.4 is 5.32 Å². The van der Waals surface area contributed by atoms with E-state index in [4.69, 9.17) is 28.3 Å². The molecule has 0 spiro atoms. The van der Waals surface area contributed by atoms with Crippen LogP contribution in [0.5, 0.6) is 0 Å². The molecule has 0 saturated carbocycles. The molecule has 0 aliphatic carbocycles. The molecule has 1 aliphatic heterocycles. The molecule has 0 amide bonds. The molecule has 3 heterocycles. The molecule has 0 radical (unpaired) electrons. The van der Waals surface area contributed by atoms with E-state index in [0.717, 1.165) is 48.6 Å². The molecule has 3 aromatic rings. The Kier molecular flexibility index (Phi) is 4.17. The smallest absolute Gasteiger partial charge is 0.133 e. The lowest BCUT2D eigenvalue weighted by Crippen LogP contribution is -2.07. The van der Waals surface area contributed by atoms with Crippen molar-refractivity contribution in [2.24, 2.45) is 0 Å². The summed E-state index contributed by atoms with van der Waals surface area (Å²) in [7, 11) is 0. The van der Waals surface area contributed by atoms with Crippen molar-refractivity contribution >= 4 is 29.0 Å². The van der Waals surface area contributed by atoms with Crippen molar-refractivity contribution < 1.29 is 0 Å². The van der Waals surface area contributed by atoms with Gasteiger partial charge in [0.25, 0.3) is 0 Å². The summed E-state index contributed by atoms with van der Waals surface area (Å²) in [5.41, 5.74) is 3.94. The number of nitrogens with one attached hydrogen (secondary N) is 1. The number of nitrogens with zero attached hydrogens (tertiary/aromatic N) is 3. The molecule has 0 fully saturated rings. The van der Waals surface area contributed by atoms with Crippen molar-refractivity contribution in [1.29, 1.82) is 0 Å². The minimum atomic E-state index is 0.508. The van der Waals surface area contributed by atoms with Gasteiger partial charge in [0.2, 0.25) is 0 Å². The second-order valence-electron chi connectivity index (χ2n) is 5.79. The van der Waals surface area contributed by atoms with Crippen molar-refractivity contribution in [3.63, 3.8) is 0 Å². The summed E-state index contributed by atoms with van der Waals surface area (Å²) in [4.78, 5) is 4.23. The normalized spacial score (nSPS) is 13.9. The van der Waals surface area contributed by atoms with E-state index in [2.05, 4.69) is 10.3 Å². The van der Waals surface area contributed by atoms with Crippen LogP contribution in [0.4, 0.5) is 5.82 Å². The summed E-state index contributed by atoms with van der Waals surface area (Å²) >= 11 is 12.6. The predicted molar refractivity (Wildman–Crippen MR) is 98.2 cm³/mol. The Morgan fingerprint density at radius 1 is 1.08 bits per heavy atom. The van der Waals surface area contributed by atoms with Crippen LogP contribution in [0.1, 0.15) is 18.4 Å². The topological polar surface area (TPSA) is 42.7 Å². The van der Waals surface area contributed by atoms with Gasteiger partial charge in [-0.1, -0.05) is 29.3 Å². The van der Waals surface area contributed by atoms with E-state index in [9.17, 15) is 0 Å². The van der Waals surface area contributed by atoms with Gasteiger partial charge in [-0.2, -0.15) is 5.10 Å². The van der Waals surface area contributed by atoms with E-state index >= 15 is 0 Å². The average molecular weight is 359 g/mol. The highest BCUT2D eigenvalue weighted by Gasteiger charge is 2.23. The zero-order valence-electron chi connectivity index (χ0n) is 13.0. The molecule has 24 heavy (non-hydrogen) atoms. The fraction of sp³-hybridized carbons (Fsp3) is 0.222. The molecule has 6 heteroatoms. The standard InChI is InChI=1S/C18H16Cl2N4/c19-14-7-3-8-15(16(14)20)24-18-13(6-1-2-10-22-18)17(23-24)12-5-4-9-21-11-12/h3-5,7-9,11,22H,1-2,6,10H2. The second-order valence-corrected chi connectivity index (χ2v) is 6.57. The number of benzene rings is 1. The van der Waals surface area contributed by atoms with Gasteiger partial charge < -0.3 is 5.32 Å². The highest BCUT2D eigenvalue weighted by molar-refractivity contribution is 6.43. The third-order valence-corrected chi connectivity index (χ3v) is 5.03. The SMILES string of the molecule is Clc1cccc(-n2nc(-c3cccnc3)c3c2NCCCC3)c1Cl. The summed E-state index contributed by atoms with van der Waals surface area (Å²) in [6.07, 6.45) is 6.85. The van der Waals surface area contributed by atoms with Crippen LogP contribution in [0.3, 0.4) is 0 Å². The van der Waals surface area contributed by atoms with Crippen LogP contribution in [0.2, 0.25) is 10.0 Å². The van der Waals surface area contributed by atoms with Crippen LogP contribution in [-0.2, 0) is 6.42 Å². The van der Waals surface area contributed by atoms with Gasteiger partial charge in [0, 0.05) is 30.1 Å². The highest BCUT2D eigenvalue weighted by atomic mass is 35.5. The van der Waals surface area contributed by atoms with Gasteiger partial charge in [-0.05, 0) is 43.5 Å². The Bertz CT molecular complexity index is 874. The molecule has 1 aromatic carbocycles. The van der Waals surface area contributed by atoms with Crippen molar-refractivity contribution in [2.45, 2.75) is 19.3 Å². The summed E-state index contributed by atoms with van der Waals surface area (Å²) in [5.74, 6) is 0.996. The first-order chi connectivity index (χ1) is 11.8. The first-order valence-corrected chi connectivity index (χ1v) is 8.72. The highest BCUT2D eigenvalue weighted by Crippen LogP contribution is 2.36. The largest absolute Gasteiger partial charge is 0.370 e. The Hall–Kier alpha value is -2.04. The number of halogens is 2. The minimum absolute atomic E-state index is 0.508. The van der Waals surface area contributed by atoms with Crippen molar-refractivity contribution in [3.8, 4) is 16.9 Å². The molecule has 2 aromatic heterocycles. The maximum atomic E-state index is 6.43. The Labute approximate surface area is 150 Å². The quantitative estimate of drug-likeness (QED) is 0.701. The van der Waals surface area contributed by atoms with E-state index < -0.39 is 0 Å². The molecule has 0 bridgehead atoms. The summed E-state index contributed by atoms with van der Waals surface area (Å²) < 4.78 is 1.87. The third-order valence-electron chi connectivity index (χ3n) is 4.22. The fourth-order valence-electron chi connectivity index (χ4n) is 3.07. The van der Waals surface area contributed by atoms with Crippen molar-refractivity contribution in [3.05, 3.63) is 58.3 Å². The first kappa shape index (κ1) is 15.5. The zero-order valence-corrected chi connectivity index (χ0v) is 14.5. The molecule has 1 N–H and O–H groups in total. The molecule has 0 saturated heterocycles. The molecule has 4 nitrogen and oxygen atoms in total. The zero-order chi connectivity index (χ0) is 16.5. The molecular formula is C18H16Cl2N4. The third kappa shape index (κ3) is 2.66. The molecular weight excluding hydrogens is 343 g/mol. The lowest BCUT2D eigenvalue weighted by Gasteiger charge is -2.11. The Morgan fingerprint density at radius 3 is 2.83 bits per heavy atom. The van der Waals surface area contributed by atoms with Crippen LogP contribution in [0.15, 0.2) is 42.7 Å². The van der Waals surface area contributed by atoms with Crippen molar-refractivity contribution in [1.82, 2.24) is 14.8 Å². The number of rotatable bonds is 2. The molecule has 0 unspecified atom stereocenters. The van der Waals surface area contributed by atoms with E-state index in [0.29, 0.717) is 10.0 Å². The van der Waals surface area contributed by atoms with Crippen molar-refractivity contribution in [2.75, 3.05) is 11.9 Å². The van der Waals surface area contributed by atoms with Gasteiger partial charge in [0.1, 0.15) is 5.82 Å². The monoisotopic (exact) mass is 358 g/mol. The van der Waals surface area contributed by atoms with E-state index in [-0.39, 0.29) is 0 Å². The number of aromatic nitrogens is 3. The second kappa shape index (κ2) is 6.46. The lowest BCUT2D eigenvalue weighted by molar-refractivity contribution is 0.780. The molecule has 4 rings (SSSR count). The van der Waals surface area contributed by atoms with Gasteiger partial charge in [-0.25, -0.2) is 4.68 Å². The maximum absolute atomic E-state index is 6.43. The summed E-state index contributed by atoms with van der Waals surface area (Å²) in [6.45, 7) is 0.920. The van der Waals surface area contributed by atoms with Gasteiger partial charge in [-0.3, -0.25) is 4.98 Å². The summed E-state index contributed by atoms with van der Waals surface area (Å²) in [5, 5.41) is 9.39. The first-order valence-electron chi connectivity index (χ1n) is 7.96. The number of anilines is 1. The van der Waals surface area contributed by atoms with Gasteiger partial charge >= 0.3 is 0 Å². The van der Waals surface area contributed by atoms with Gasteiger partial charge in [0.05, 0.1) is 21.4 Å². The van der Waals surface area contributed by atoms with E-state index in [1.54, 1.807) is 12.3 Å². The lowest BCUT2D eigenvalue weighted by atomic mass is 10.1. The fourth-order valence-corrected chi connectivity index (χ4v) is 3.44. The number of hydrogen-bond acceptors (Lipinski definition) is 3. The minimum Gasteiger partial charge on any atom is -0.370 e. The van der Waals surface area contributed by atoms with Crippen LogP contribution >= 0.6 is 23.2 Å². The number of fused-ring (bicyclic) bond motifs is 1. The Balaban J connectivity index is 1.95. The number of hydrogen-bond donors (Lipinski definition) is 1. The summed E-state index contributed by atoms with van der Waals surface area (Å²) in [6, 6.07) is 9.56. The van der Waals surface area contributed by atoms with E-state index in [1.807, 2.05) is 35.1 Å². The van der Waals surface area contributed by atoms with Crippen LogP contribution in [0.25, 0.3) is 16.9 Å². The van der Waals surface area contributed by atoms with Crippen LogP contribution in [-0.4, -0.2) is 21.3 Å². The van der Waals surface area contributed by atoms with Gasteiger partial charge in [0.15, 0.2) is 0 Å². The predicted octanol–water partition coefficient (Wildman–Crippen LogP) is 4.99. The van der Waals surface area contributed by atoms with Crippen LogP contribution in [0, 0.1) is 0 Å². The molecule has 1 aliphatic rings. The maximum Gasteiger partial charge on any atom is 0.133 e. The average Bonchev–Trinajstić information content (AvgIpc) is 2.79. The molecule has 0 atom stereocenters.